The molecule has 2 aromatic carbocycles. The van der Waals surface area contributed by atoms with Gasteiger partial charge in [0.2, 0.25) is 12.0 Å². The van der Waals surface area contributed by atoms with Crippen LogP contribution < -0.4 is 19.7 Å². The Morgan fingerprint density at radius 1 is 1.06 bits per heavy atom. The van der Waals surface area contributed by atoms with Crippen molar-refractivity contribution in [2.75, 3.05) is 11.5 Å². The Bertz CT molecular complexity index is 1310. The van der Waals surface area contributed by atoms with Crippen LogP contribution in [0.25, 0.3) is 0 Å². The Morgan fingerprint density at radius 2 is 1.91 bits per heavy atom. The first-order chi connectivity index (χ1) is 17.1. The molecule has 4 aromatic rings. The number of para-hydroxylation sites is 2. The molecule has 0 aliphatic carbocycles. The fraction of sp³-hybridized carbons (Fsp3) is 0.154. The number of carbonyl (C=O) groups is 2. The van der Waals surface area contributed by atoms with Gasteiger partial charge in [-0.2, -0.15) is 0 Å². The summed E-state index contributed by atoms with van der Waals surface area (Å²) in [6.07, 6.45) is 0.534. The zero-order valence-electron chi connectivity index (χ0n) is 18.5. The van der Waals surface area contributed by atoms with Gasteiger partial charge in [-0.3, -0.25) is 14.5 Å². The molecule has 5 rings (SSSR count). The van der Waals surface area contributed by atoms with Gasteiger partial charge in [0.05, 0.1) is 12.8 Å². The van der Waals surface area contributed by atoms with Crippen LogP contribution in [0.3, 0.4) is 0 Å². The van der Waals surface area contributed by atoms with Gasteiger partial charge in [-0.15, -0.1) is 11.3 Å². The van der Waals surface area contributed by atoms with Crippen LogP contribution in [0.1, 0.15) is 16.7 Å². The number of amides is 2. The fourth-order valence-corrected chi connectivity index (χ4v) is 4.66. The summed E-state index contributed by atoms with van der Waals surface area (Å²) in [6, 6.07) is 19.4. The van der Waals surface area contributed by atoms with Crippen LogP contribution in [-0.4, -0.2) is 29.6 Å². The molecule has 178 valence electrons. The molecule has 2 N–H and O–H groups in total. The number of thiophene rings is 1. The zero-order chi connectivity index (χ0) is 24.2. The van der Waals surface area contributed by atoms with Crippen molar-refractivity contribution in [3.05, 3.63) is 95.1 Å². The van der Waals surface area contributed by atoms with Crippen LogP contribution >= 0.6 is 11.3 Å². The molecule has 2 aromatic heterocycles. The number of nitrogens with zero attached hydrogens (tertiary/aromatic N) is 1. The van der Waals surface area contributed by atoms with Crippen molar-refractivity contribution in [1.29, 1.82) is 0 Å². The molecule has 0 unspecified atom stereocenters. The van der Waals surface area contributed by atoms with Gasteiger partial charge in [0.1, 0.15) is 24.2 Å². The first-order valence-corrected chi connectivity index (χ1v) is 11.8. The Labute approximate surface area is 205 Å². The molecule has 3 heterocycles. The molecule has 2 amide bonds. The number of furan rings is 1. The minimum atomic E-state index is -1.01. The molecule has 0 spiro atoms. The number of hydrogen-bond acceptors (Lipinski definition) is 7. The van der Waals surface area contributed by atoms with Gasteiger partial charge < -0.3 is 24.3 Å². The van der Waals surface area contributed by atoms with E-state index in [1.807, 2.05) is 17.5 Å². The van der Waals surface area contributed by atoms with Gasteiger partial charge >= 0.3 is 0 Å². The van der Waals surface area contributed by atoms with Gasteiger partial charge in [-0.25, -0.2) is 0 Å². The summed E-state index contributed by atoms with van der Waals surface area (Å²) in [7, 11) is 0. The summed E-state index contributed by atoms with van der Waals surface area (Å²) in [5.74, 6) is 0.662. The number of aromatic hydroxyl groups is 1. The van der Waals surface area contributed by atoms with Crippen molar-refractivity contribution in [3.63, 3.8) is 0 Å². The largest absolute Gasteiger partial charge is 0.508 e. The maximum Gasteiger partial charge on any atom is 0.272 e. The summed E-state index contributed by atoms with van der Waals surface area (Å²) < 4.78 is 17.1. The SMILES string of the molecule is O=C(NCc1ccco1)[C@H](c1cccs1)N(C(=O)[C@@H]1COc2ccccc2O1)c1cccc(O)c1. The number of hydrogen-bond donors (Lipinski definition) is 2. The minimum Gasteiger partial charge on any atom is -0.508 e. The quantitative estimate of drug-likeness (QED) is 0.401. The number of phenolic OH excluding ortho intramolecular Hbond substituents is 1. The molecule has 0 radical (unpaired) electrons. The fourth-order valence-electron chi connectivity index (χ4n) is 3.85. The normalized spacial score (nSPS) is 15.3. The number of nitrogens with one attached hydrogen (secondary N) is 1. The number of fused-ring (bicyclic) bond motifs is 1. The second-order valence-electron chi connectivity index (χ2n) is 7.81. The van der Waals surface area contributed by atoms with Crippen molar-refractivity contribution < 1.29 is 28.6 Å². The molecule has 1 aliphatic heterocycles. The van der Waals surface area contributed by atoms with Crippen molar-refractivity contribution in [2.45, 2.75) is 18.7 Å². The second kappa shape index (κ2) is 9.94. The predicted molar refractivity (Wildman–Crippen MR) is 130 cm³/mol. The summed E-state index contributed by atoms with van der Waals surface area (Å²) in [6.45, 7) is 0.141. The van der Waals surface area contributed by atoms with E-state index >= 15 is 0 Å². The van der Waals surface area contributed by atoms with Gasteiger partial charge in [0.25, 0.3) is 5.91 Å². The molecule has 0 bridgehead atoms. The van der Waals surface area contributed by atoms with Gasteiger partial charge in [-0.05, 0) is 47.8 Å². The van der Waals surface area contributed by atoms with E-state index < -0.39 is 24.0 Å². The molecule has 2 atom stereocenters. The Hall–Kier alpha value is -4.24. The number of anilines is 1. The van der Waals surface area contributed by atoms with Crippen LogP contribution in [0.2, 0.25) is 0 Å². The molecular weight excluding hydrogens is 468 g/mol. The van der Waals surface area contributed by atoms with Crippen LogP contribution in [0.4, 0.5) is 5.69 Å². The summed E-state index contributed by atoms with van der Waals surface area (Å²) in [5.41, 5.74) is 0.351. The average Bonchev–Trinajstić information content (AvgIpc) is 3.60. The minimum absolute atomic E-state index is 0.0175. The molecule has 1 aliphatic rings. The van der Waals surface area contributed by atoms with Crippen LogP contribution in [0.5, 0.6) is 17.2 Å². The molecule has 0 saturated carbocycles. The highest BCUT2D eigenvalue weighted by Gasteiger charge is 2.39. The molecule has 35 heavy (non-hydrogen) atoms. The molecule has 0 saturated heterocycles. The van der Waals surface area contributed by atoms with E-state index in [1.165, 1.54) is 34.6 Å². The summed E-state index contributed by atoms with van der Waals surface area (Å²) >= 11 is 1.35. The van der Waals surface area contributed by atoms with Gasteiger partial charge in [-0.1, -0.05) is 24.3 Å². The van der Waals surface area contributed by atoms with E-state index in [0.717, 1.165) is 0 Å². The Balaban J connectivity index is 1.51. The number of rotatable bonds is 7. The molecule has 0 fully saturated rings. The molecular formula is C26H22N2O6S. The van der Waals surface area contributed by atoms with Crippen LogP contribution in [-0.2, 0) is 16.1 Å². The highest BCUT2D eigenvalue weighted by molar-refractivity contribution is 7.10. The third-order valence-electron chi connectivity index (χ3n) is 5.47. The maximum atomic E-state index is 13.9. The second-order valence-corrected chi connectivity index (χ2v) is 8.79. The topological polar surface area (TPSA) is 101 Å². The lowest BCUT2D eigenvalue weighted by molar-refractivity contribution is -0.131. The van der Waals surface area contributed by atoms with Crippen molar-refractivity contribution in [1.82, 2.24) is 5.32 Å². The van der Waals surface area contributed by atoms with E-state index in [9.17, 15) is 14.7 Å². The van der Waals surface area contributed by atoms with Gasteiger partial charge in [0, 0.05) is 16.6 Å². The van der Waals surface area contributed by atoms with E-state index in [4.69, 9.17) is 13.9 Å². The first kappa shape index (κ1) is 22.5. The van der Waals surface area contributed by atoms with Crippen LogP contribution in [0, 0.1) is 0 Å². The molecule has 8 nitrogen and oxygen atoms in total. The lowest BCUT2D eigenvalue weighted by Gasteiger charge is -2.34. The summed E-state index contributed by atoms with van der Waals surface area (Å²) in [5, 5.41) is 14.9. The van der Waals surface area contributed by atoms with E-state index in [0.29, 0.717) is 27.8 Å². The Kier molecular flexibility index (Phi) is 6.40. The lowest BCUT2D eigenvalue weighted by Crippen LogP contribution is -2.51. The predicted octanol–water partition coefficient (Wildman–Crippen LogP) is 4.28. The Morgan fingerprint density at radius 3 is 2.66 bits per heavy atom. The maximum absolute atomic E-state index is 13.9. The zero-order valence-corrected chi connectivity index (χ0v) is 19.3. The van der Waals surface area contributed by atoms with E-state index in [2.05, 4.69) is 5.32 Å². The lowest BCUT2D eigenvalue weighted by atomic mass is 10.1. The number of ether oxygens (including phenoxy) is 2. The van der Waals surface area contributed by atoms with Crippen molar-refractivity contribution in [3.8, 4) is 17.2 Å². The third-order valence-corrected chi connectivity index (χ3v) is 6.39. The van der Waals surface area contributed by atoms with Crippen LogP contribution in [0.15, 0.2) is 88.9 Å². The first-order valence-electron chi connectivity index (χ1n) is 10.9. The van der Waals surface area contributed by atoms with Crippen molar-refractivity contribution in [2.24, 2.45) is 0 Å². The summed E-state index contributed by atoms with van der Waals surface area (Å²) in [4.78, 5) is 29.5. The standard InChI is InChI=1S/C26H22N2O6S/c29-18-7-3-6-17(14-18)28(26(31)22-16-33-20-9-1-2-10-21(20)34-22)24(23-11-5-13-35-23)25(30)27-15-19-8-4-12-32-19/h1-14,22,24,29H,15-16H2,(H,27,30)/t22-,24-/m0/s1. The van der Waals surface area contributed by atoms with E-state index in [1.54, 1.807) is 48.5 Å². The van der Waals surface area contributed by atoms with Gasteiger partial charge in [0.15, 0.2) is 11.5 Å². The number of benzene rings is 2. The smallest absolute Gasteiger partial charge is 0.272 e. The highest BCUT2D eigenvalue weighted by atomic mass is 32.1. The molecule has 9 heteroatoms. The highest BCUT2D eigenvalue weighted by Crippen LogP contribution is 2.36. The average molecular weight is 491 g/mol. The van der Waals surface area contributed by atoms with Crippen molar-refractivity contribution >= 4 is 28.8 Å². The third kappa shape index (κ3) is 4.85. The number of phenols is 1. The number of carbonyl (C=O) groups excluding carboxylic acids is 2. The monoisotopic (exact) mass is 490 g/mol. The van der Waals surface area contributed by atoms with E-state index in [-0.39, 0.29) is 18.9 Å².